The molecule has 0 bridgehead atoms. The molecule has 2 aromatic carbocycles. The highest BCUT2D eigenvalue weighted by Gasteiger charge is 2.10. The van der Waals surface area contributed by atoms with Gasteiger partial charge in [0, 0.05) is 11.8 Å². The van der Waals surface area contributed by atoms with E-state index >= 15 is 0 Å². The van der Waals surface area contributed by atoms with Crippen molar-refractivity contribution in [1.29, 1.82) is 0 Å². The van der Waals surface area contributed by atoms with Gasteiger partial charge in [0.15, 0.2) is 0 Å². The summed E-state index contributed by atoms with van der Waals surface area (Å²) in [6.45, 7) is 1.44. The molecule has 0 aliphatic heterocycles. The molecule has 7 heteroatoms. The SMILES string of the molecule is CC(=O)Nc1ccccc1SCC(=O)Nc1cccc(Cl)c1Cl. The van der Waals surface area contributed by atoms with E-state index in [1.165, 1.54) is 18.7 Å². The average molecular weight is 369 g/mol. The first-order valence-electron chi connectivity index (χ1n) is 6.70. The Labute approximate surface area is 148 Å². The lowest BCUT2D eigenvalue weighted by atomic mass is 10.3. The molecule has 0 aliphatic rings. The quantitative estimate of drug-likeness (QED) is 0.753. The first-order chi connectivity index (χ1) is 11.0. The highest BCUT2D eigenvalue weighted by Crippen LogP contribution is 2.30. The minimum Gasteiger partial charge on any atom is -0.325 e. The van der Waals surface area contributed by atoms with E-state index in [-0.39, 0.29) is 17.6 Å². The Morgan fingerprint density at radius 3 is 2.43 bits per heavy atom. The summed E-state index contributed by atoms with van der Waals surface area (Å²) in [7, 11) is 0. The number of carbonyl (C=O) groups is 2. The summed E-state index contributed by atoms with van der Waals surface area (Å²) in [6.07, 6.45) is 0. The third-order valence-electron chi connectivity index (χ3n) is 2.78. The van der Waals surface area contributed by atoms with Crippen LogP contribution in [0.15, 0.2) is 47.4 Å². The van der Waals surface area contributed by atoms with Gasteiger partial charge in [-0.1, -0.05) is 41.4 Å². The first kappa shape index (κ1) is 17.7. The zero-order valence-corrected chi connectivity index (χ0v) is 14.6. The van der Waals surface area contributed by atoms with Crippen LogP contribution in [0.2, 0.25) is 10.0 Å². The number of nitrogens with one attached hydrogen (secondary N) is 2. The van der Waals surface area contributed by atoms with E-state index in [4.69, 9.17) is 23.2 Å². The molecule has 0 saturated carbocycles. The second kappa shape index (κ2) is 8.24. The largest absolute Gasteiger partial charge is 0.325 e. The highest BCUT2D eigenvalue weighted by molar-refractivity contribution is 8.00. The fourth-order valence-corrected chi connectivity index (χ4v) is 2.97. The van der Waals surface area contributed by atoms with Crippen molar-refractivity contribution in [3.05, 3.63) is 52.5 Å². The lowest BCUT2D eigenvalue weighted by Gasteiger charge is -2.10. The van der Waals surface area contributed by atoms with Gasteiger partial charge in [-0.25, -0.2) is 0 Å². The van der Waals surface area contributed by atoms with Gasteiger partial charge >= 0.3 is 0 Å². The number of thioether (sulfide) groups is 1. The molecular weight excluding hydrogens is 355 g/mol. The maximum Gasteiger partial charge on any atom is 0.234 e. The number of amides is 2. The normalized spacial score (nSPS) is 10.2. The molecule has 2 N–H and O–H groups in total. The maximum atomic E-state index is 12.1. The van der Waals surface area contributed by atoms with Crippen LogP contribution in [0.4, 0.5) is 11.4 Å². The van der Waals surface area contributed by atoms with Crippen LogP contribution in [0.25, 0.3) is 0 Å². The second-order valence-electron chi connectivity index (χ2n) is 4.62. The first-order valence-corrected chi connectivity index (χ1v) is 8.45. The molecule has 0 atom stereocenters. The second-order valence-corrected chi connectivity index (χ2v) is 6.42. The number of rotatable bonds is 5. The fourth-order valence-electron chi connectivity index (χ4n) is 1.82. The van der Waals surface area contributed by atoms with Crippen molar-refractivity contribution in [2.75, 3.05) is 16.4 Å². The van der Waals surface area contributed by atoms with Gasteiger partial charge in [-0.15, -0.1) is 11.8 Å². The van der Waals surface area contributed by atoms with E-state index in [1.807, 2.05) is 18.2 Å². The number of carbonyl (C=O) groups excluding carboxylic acids is 2. The van der Waals surface area contributed by atoms with Gasteiger partial charge in [-0.3, -0.25) is 9.59 Å². The molecule has 4 nitrogen and oxygen atoms in total. The lowest BCUT2D eigenvalue weighted by Crippen LogP contribution is -2.14. The molecule has 23 heavy (non-hydrogen) atoms. The van der Waals surface area contributed by atoms with Crippen LogP contribution in [0.1, 0.15) is 6.92 Å². The predicted molar refractivity (Wildman–Crippen MR) is 96.6 cm³/mol. The third kappa shape index (κ3) is 5.16. The maximum absolute atomic E-state index is 12.1. The van der Waals surface area contributed by atoms with E-state index in [0.29, 0.717) is 21.4 Å². The van der Waals surface area contributed by atoms with E-state index in [1.54, 1.807) is 24.3 Å². The van der Waals surface area contributed by atoms with Gasteiger partial charge in [-0.05, 0) is 24.3 Å². The van der Waals surface area contributed by atoms with E-state index in [0.717, 1.165) is 4.90 Å². The summed E-state index contributed by atoms with van der Waals surface area (Å²) in [5.74, 6) is -0.190. The molecule has 0 heterocycles. The monoisotopic (exact) mass is 368 g/mol. The van der Waals surface area contributed by atoms with Gasteiger partial charge < -0.3 is 10.6 Å². The number of halogens is 2. The van der Waals surface area contributed by atoms with Gasteiger partial charge in [0.1, 0.15) is 0 Å². The summed E-state index contributed by atoms with van der Waals surface area (Å²) in [6, 6.07) is 12.3. The summed E-state index contributed by atoms with van der Waals surface area (Å²) in [5.41, 5.74) is 1.15. The van der Waals surface area contributed by atoms with Crippen LogP contribution >= 0.6 is 35.0 Å². The van der Waals surface area contributed by atoms with E-state index in [2.05, 4.69) is 10.6 Å². The summed E-state index contributed by atoms with van der Waals surface area (Å²) < 4.78 is 0. The third-order valence-corrected chi connectivity index (χ3v) is 4.67. The molecule has 0 aromatic heterocycles. The minimum absolute atomic E-state index is 0.159. The smallest absolute Gasteiger partial charge is 0.234 e. The summed E-state index contributed by atoms with van der Waals surface area (Å²) in [5, 5.41) is 6.15. The molecule has 2 amide bonds. The number of benzene rings is 2. The Balaban J connectivity index is 2.00. The van der Waals surface area contributed by atoms with Crippen molar-refractivity contribution in [2.45, 2.75) is 11.8 Å². The van der Waals surface area contributed by atoms with Gasteiger partial charge in [-0.2, -0.15) is 0 Å². The minimum atomic E-state index is -0.211. The van der Waals surface area contributed by atoms with E-state index in [9.17, 15) is 9.59 Å². The van der Waals surface area contributed by atoms with E-state index < -0.39 is 0 Å². The summed E-state index contributed by atoms with van der Waals surface area (Å²) >= 11 is 13.3. The van der Waals surface area contributed by atoms with Crippen LogP contribution in [0.5, 0.6) is 0 Å². The lowest BCUT2D eigenvalue weighted by molar-refractivity contribution is -0.114. The molecule has 0 saturated heterocycles. The molecule has 2 aromatic rings. The Morgan fingerprint density at radius 1 is 1.00 bits per heavy atom. The zero-order chi connectivity index (χ0) is 16.8. The number of para-hydroxylation sites is 1. The topological polar surface area (TPSA) is 58.2 Å². The molecule has 0 radical (unpaired) electrons. The van der Waals surface area contributed by atoms with Gasteiger partial charge in [0.05, 0.1) is 27.2 Å². The molecule has 120 valence electrons. The van der Waals surface area contributed by atoms with Crippen molar-refractivity contribution >= 4 is 58.2 Å². The van der Waals surface area contributed by atoms with Gasteiger partial charge in [0.25, 0.3) is 0 Å². The number of hydrogen-bond donors (Lipinski definition) is 2. The van der Waals surface area contributed by atoms with Crippen LogP contribution in [0.3, 0.4) is 0 Å². The van der Waals surface area contributed by atoms with Crippen molar-refractivity contribution in [1.82, 2.24) is 0 Å². The Hall–Kier alpha value is -1.69. The average Bonchev–Trinajstić information content (AvgIpc) is 2.50. The van der Waals surface area contributed by atoms with Crippen molar-refractivity contribution < 1.29 is 9.59 Å². The molecule has 0 fully saturated rings. The van der Waals surface area contributed by atoms with Crippen LogP contribution in [-0.2, 0) is 9.59 Å². The Bertz CT molecular complexity index is 738. The van der Waals surface area contributed by atoms with Crippen molar-refractivity contribution in [3.8, 4) is 0 Å². The molecular formula is C16H14Cl2N2O2S. The van der Waals surface area contributed by atoms with Crippen LogP contribution in [0, 0.1) is 0 Å². The Morgan fingerprint density at radius 2 is 1.70 bits per heavy atom. The Kier molecular flexibility index (Phi) is 6.33. The molecule has 2 rings (SSSR count). The number of anilines is 2. The molecule has 0 unspecified atom stereocenters. The van der Waals surface area contributed by atoms with Crippen molar-refractivity contribution in [2.24, 2.45) is 0 Å². The van der Waals surface area contributed by atoms with Crippen molar-refractivity contribution in [3.63, 3.8) is 0 Å². The fraction of sp³-hybridized carbons (Fsp3) is 0.125. The van der Waals surface area contributed by atoms with Crippen LogP contribution in [-0.4, -0.2) is 17.6 Å². The number of hydrogen-bond acceptors (Lipinski definition) is 3. The predicted octanol–water partition coefficient (Wildman–Crippen LogP) is 4.68. The standard InChI is InChI=1S/C16H14Cl2N2O2S/c1-10(21)19-12-6-2-3-8-14(12)23-9-15(22)20-13-7-4-5-11(17)16(13)18/h2-8H,9H2,1H3,(H,19,21)(H,20,22). The summed E-state index contributed by atoms with van der Waals surface area (Å²) in [4.78, 5) is 24.1. The zero-order valence-electron chi connectivity index (χ0n) is 12.2. The highest BCUT2D eigenvalue weighted by atomic mass is 35.5. The van der Waals surface area contributed by atoms with Gasteiger partial charge in [0.2, 0.25) is 11.8 Å². The van der Waals surface area contributed by atoms with Crippen LogP contribution < -0.4 is 10.6 Å². The molecule has 0 aliphatic carbocycles. The molecule has 0 spiro atoms.